The SMILES string of the molecule is CCCNC1CCC(CCC)CC1CN1CCC(O)CC1. The maximum absolute atomic E-state index is 9.67. The number of nitrogens with one attached hydrogen (secondary N) is 1. The van der Waals surface area contributed by atoms with Gasteiger partial charge in [0, 0.05) is 25.7 Å². The summed E-state index contributed by atoms with van der Waals surface area (Å²) in [5.41, 5.74) is 0. The standard InChI is InChI=1S/C18H36N2O/c1-3-5-15-6-7-18(19-10-4-2)16(13-15)14-20-11-8-17(21)9-12-20/h15-19,21H,3-14H2,1-2H3. The third-order valence-corrected chi connectivity index (χ3v) is 5.49. The van der Waals surface area contributed by atoms with Crippen LogP contribution in [0, 0.1) is 11.8 Å². The van der Waals surface area contributed by atoms with Crippen LogP contribution in [0.5, 0.6) is 0 Å². The van der Waals surface area contributed by atoms with Crippen LogP contribution >= 0.6 is 0 Å². The van der Waals surface area contributed by atoms with E-state index >= 15 is 0 Å². The van der Waals surface area contributed by atoms with E-state index in [0.29, 0.717) is 0 Å². The zero-order valence-corrected chi connectivity index (χ0v) is 14.2. The van der Waals surface area contributed by atoms with Crippen molar-refractivity contribution in [2.45, 2.75) is 77.4 Å². The van der Waals surface area contributed by atoms with E-state index in [1.54, 1.807) is 0 Å². The minimum Gasteiger partial charge on any atom is -0.393 e. The van der Waals surface area contributed by atoms with Crippen molar-refractivity contribution in [3.8, 4) is 0 Å². The smallest absolute Gasteiger partial charge is 0.0564 e. The molecule has 1 aliphatic heterocycles. The summed E-state index contributed by atoms with van der Waals surface area (Å²) in [5, 5.41) is 13.5. The number of piperidine rings is 1. The van der Waals surface area contributed by atoms with Crippen LogP contribution in [0.15, 0.2) is 0 Å². The fourth-order valence-corrected chi connectivity index (χ4v) is 4.27. The molecule has 3 nitrogen and oxygen atoms in total. The van der Waals surface area contributed by atoms with Crippen LogP contribution in [-0.2, 0) is 0 Å². The normalized spacial score (nSPS) is 32.4. The highest BCUT2D eigenvalue weighted by Crippen LogP contribution is 2.33. The second-order valence-corrected chi connectivity index (χ2v) is 7.32. The fraction of sp³-hybridized carbons (Fsp3) is 1.00. The summed E-state index contributed by atoms with van der Waals surface area (Å²) in [6, 6.07) is 0.727. The Balaban J connectivity index is 1.86. The fourth-order valence-electron chi connectivity index (χ4n) is 4.27. The van der Waals surface area contributed by atoms with Crippen LogP contribution < -0.4 is 5.32 Å². The molecule has 1 saturated heterocycles. The van der Waals surface area contributed by atoms with E-state index in [9.17, 15) is 5.11 Å². The summed E-state index contributed by atoms with van der Waals surface area (Å²) < 4.78 is 0. The van der Waals surface area contributed by atoms with Crippen molar-refractivity contribution in [1.82, 2.24) is 10.2 Å². The summed E-state index contributed by atoms with van der Waals surface area (Å²) in [6.45, 7) is 9.18. The van der Waals surface area contributed by atoms with E-state index in [-0.39, 0.29) is 6.10 Å². The molecule has 2 aliphatic rings. The lowest BCUT2D eigenvalue weighted by Crippen LogP contribution is -2.48. The van der Waals surface area contributed by atoms with Gasteiger partial charge < -0.3 is 15.3 Å². The molecule has 1 saturated carbocycles. The number of rotatable bonds is 7. The molecule has 1 heterocycles. The quantitative estimate of drug-likeness (QED) is 0.758. The predicted molar refractivity (Wildman–Crippen MR) is 89.5 cm³/mol. The lowest BCUT2D eigenvalue weighted by atomic mass is 9.76. The number of hydrogen-bond acceptors (Lipinski definition) is 3. The Kier molecular flexibility index (Phi) is 7.48. The van der Waals surface area contributed by atoms with Crippen molar-refractivity contribution in [3.63, 3.8) is 0 Å². The Morgan fingerprint density at radius 1 is 1.05 bits per heavy atom. The summed E-state index contributed by atoms with van der Waals surface area (Å²) in [5.74, 6) is 1.77. The van der Waals surface area contributed by atoms with Gasteiger partial charge in [-0.3, -0.25) is 0 Å². The van der Waals surface area contributed by atoms with Crippen LogP contribution in [0.2, 0.25) is 0 Å². The molecule has 3 atom stereocenters. The van der Waals surface area contributed by atoms with E-state index in [2.05, 4.69) is 24.1 Å². The highest BCUT2D eigenvalue weighted by molar-refractivity contribution is 4.87. The van der Waals surface area contributed by atoms with Gasteiger partial charge in [-0.05, 0) is 56.9 Å². The molecule has 2 fully saturated rings. The maximum atomic E-state index is 9.67. The number of nitrogens with zero attached hydrogens (tertiary/aromatic N) is 1. The van der Waals surface area contributed by atoms with Crippen LogP contribution in [-0.4, -0.2) is 48.3 Å². The highest BCUT2D eigenvalue weighted by atomic mass is 16.3. The summed E-state index contributed by atoms with van der Waals surface area (Å²) >= 11 is 0. The van der Waals surface area contributed by atoms with E-state index in [0.717, 1.165) is 43.8 Å². The number of aliphatic hydroxyl groups is 1. The van der Waals surface area contributed by atoms with Gasteiger partial charge in [0.25, 0.3) is 0 Å². The Bertz CT molecular complexity index is 276. The Morgan fingerprint density at radius 2 is 1.81 bits per heavy atom. The molecule has 0 bridgehead atoms. The minimum absolute atomic E-state index is 0.0468. The van der Waals surface area contributed by atoms with Crippen molar-refractivity contribution in [3.05, 3.63) is 0 Å². The van der Waals surface area contributed by atoms with Gasteiger partial charge in [0.1, 0.15) is 0 Å². The van der Waals surface area contributed by atoms with Gasteiger partial charge in [-0.2, -0.15) is 0 Å². The summed E-state index contributed by atoms with van der Waals surface area (Å²) in [6.07, 6.45) is 10.1. The second kappa shape index (κ2) is 9.12. The average Bonchev–Trinajstić information content (AvgIpc) is 2.49. The molecule has 0 aromatic rings. The molecule has 0 amide bonds. The molecule has 0 aromatic carbocycles. The van der Waals surface area contributed by atoms with Crippen molar-refractivity contribution in [2.75, 3.05) is 26.2 Å². The predicted octanol–water partition coefficient (Wildman–Crippen LogP) is 3.03. The number of hydrogen-bond donors (Lipinski definition) is 2. The Hall–Kier alpha value is -0.120. The van der Waals surface area contributed by atoms with Crippen molar-refractivity contribution < 1.29 is 5.11 Å². The van der Waals surface area contributed by atoms with Crippen molar-refractivity contribution in [2.24, 2.45) is 11.8 Å². The van der Waals surface area contributed by atoms with Gasteiger partial charge in [-0.15, -0.1) is 0 Å². The van der Waals surface area contributed by atoms with Crippen LogP contribution in [0.25, 0.3) is 0 Å². The Labute approximate surface area is 131 Å². The van der Waals surface area contributed by atoms with Gasteiger partial charge in [0.05, 0.1) is 6.10 Å². The monoisotopic (exact) mass is 296 g/mol. The first-order valence-corrected chi connectivity index (χ1v) is 9.36. The second-order valence-electron chi connectivity index (χ2n) is 7.32. The van der Waals surface area contributed by atoms with Gasteiger partial charge in [0.15, 0.2) is 0 Å². The molecular formula is C18H36N2O. The lowest BCUT2D eigenvalue weighted by molar-refractivity contribution is 0.0604. The molecule has 2 N–H and O–H groups in total. The molecule has 21 heavy (non-hydrogen) atoms. The third kappa shape index (κ3) is 5.54. The first-order chi connectivity index (χ1) is 10.2. The molecule has 3 heteroatoms. The Morgan fingerprint density at radius 3 is 2.48 bits per heavy atom. The largest absolute Gasteiger partial charge is 0.393 e. The molecule has 0 radical (unpaired) electrons. The molecule has 0 aromatic heterocycles. The molecule has 0 spiro atoms. The molecule has 2 rings (SSSR count). The van der Waals surface area contributed by atoms with E-state index in [1.807, 2.05) is 0 Å². The number of aliphatic hydroxyl groups excluding tert-OH is 1. The zero-order valence-electron chi connectivity index (χ0n) is 14.2. The molecule has 124 valence electrons. The van der Waals surface area contributed by atoms with Crippen molar-refractivity contribution in [1.29, 1.82) is 0 Å². The minimum atomic E-state index is -0.0468. The maximum Gasteiger partial charge on any atom is 0.0564 e. The van der Waals surface area contributed by atoms with E-state index < -0.39 is 0 Å². The zero-order chi connectivity index (χ0) is 15.1. The molecule has 3 unspecified atom stereocenters. The van der Waals surface area contributed by atoms with Crippen molar-refractivity contribution >= 4 is 0 Å². The van der Waals surface area contributed by atoms with E-state index in [4.69, 9.17) is 0 Å². The van der Waals surface area contributed by atoms with Gasteiger partial charge in [-0.1, -0.05) is 26.7 Å². The summed E-state index contributed by atoms with van der Waals surface area (Å²) in [4.78, 5) is 2.60. The molecule has 1 aliphatic carbocycles. The third-order valence-electron chi connectivity index (χ3n) is 5.49. The first kappa shape index (κ1) is 17.2. The highest BCUT2D eigenvalue weighted by Gasteiger charge is 2.31. The topological polar surface area (TPSA) is 35.5 Å². The average molecular weight is 296 g/mol. The van der Waals surface area contributed by atoms with Crippen LogP contribution in [0.3, 0.4) is 0 Å². The molecular weight excluding hydrogens is 260 g/mol. The van der Waals surface area contributed by atoms with Crippen LogP contribution in [0.4, 0.5) is 0 Å². The lowest BCUT2D eigenvalue weighted by Gasteiger charge is -2.41. The number of likely N-dealkylation sites (tertiary alicyclic amines) is 1. The van der Waals surface area contributed by atoms with Crippen LogP contribution in [0.1, 0.15) is 65.2 Å². The van der Waals surface area contributed by atoms with Gasteiger partial charge in [-0.25, -0.2) is 0 Å². The van der Waals surface area contributed by atoms with Gasteiger partial charge >= 0.3 is 0 Å². The van der Waals surface area contributed by atoms with Gasteiger partial charge in [0.2, 0.25) is 0 Å². The first-order valence-electron chi connectivity index (χ1n) is 9.36. The van der Waals surface area contributed by atoms with E-state index in [1.165, 1.54) is 51.6 Å². The summed E-state index contributed by atoms with van der Waals surface area (Å²) in [7, 11) is 0.